The van der Waals surface area contributed by atoms with Gasteiger partial charge in [0.15, 0.2) is 0 Å². The summed E-state index contributed by atoms with van der Waals surface area (Å²) in [6, 6.07) is 0. The third-order valence-electron chi connectivity index (χ3n) is 3.78. The second-order valence-corrected chi connectivity index (χ2v) is 5.44. The van der Waals surface area contributed by atoms with E-state index in [1.807, 2.05) is 6.92 Å². The zero-order valence-electron chi connectivity index (χ0n) is 11.5. The molecule has 4 nitrogen and oxygen atoms in total. The lowest BCUT2D eigenvalue weighted by molar-refractivity contribution is -0.124. The Hall–Kier alpha value is -0.610. The molecule has 0 aromatic carbocycles. The first kappa shape index (κ1) is 14.5. The summed E-state index contributed by atoms with van der Waals surface area (Å²) in [7, 11) is 1.80. The molecule has 100 valence electrons. The number of likely N-dealkylation sites (N-methyl/N-ethyl adjacent to an activating group) is 1. The van der Waals surface area contributed by atoms with Crippen molar-refractivity contribution < 1.29 is 4.79 Å². The number of nitrogens with one attached hydrogen (secondary N) is 1. The van der Waals surface area contributed by atoms with E-state index in [-0.39, 0.29) is 5.91 Å². The maximum Gasteiger partial charge on any atom is 0.237 e. The Morgan fingerprint density at radius 3 is 2.53 bits per heavy atom. The van der Waals surface area contributed by atoms with E-state index in [1.165, 1.54) is 25.8 Å². The molecule has 0 spiro atoms. The van der Waals surface area contributed by atoms with Crippen LogP contribution in [-0.4, -0.2) is 43.0 Å². The molecule has 0 aliphatic heterocycles. The van der Waals surface area contributed by atoms with Crippen molar-refractivity contribution >= 4 is 5.91 Å². The van der Waals surface area contributed by atoms with Crippen LogP contribution >= 0.6 is 0 Å². The highest BCUT2D eigenvalue weighted by Gasteiger charge is 2.30. The highest BCUT2D eigenvalue weighted by molar-refractivity contribution is 5.84. The summed E-state index contributed by atoms with van der Waals surface area (Å²) >= 11 is 0. The number of rotatable bonds is 9. The van der Waals surface area contributed by atoms with Crippen LogP contribution in [0.25, 0.3) is 0 Å². The molecule has 0 aromatic heterocycles. The summed E-state index contributed by atoms with van der Waals surface area (Å²) in [6.45, 7) is 7.34. The molecule has 0 heterocycles. The Morgan fingerprint density at radius 2 is 2.12 bits per heavy atom. The quantitative estimate of drug-likeness (QED) is 0.632. The predicted octanol–water partition coefficient (Wildman–Crippen LogP) is 0.962. The molecule has 1 aliphatic rings. The largest absolute Gasteiger partial charge is 0.368 e. The number of carbonyl (C=O) groups is 1. The molecule has 0 aromatic rings. The van der Waals surface area contributed by atoms with Gasteiger partial charge < -0.3 is 16.0 Å². The van der Waals surface area contributed by atoms with Gasteiger partial charge in [-0.25, -0.2) is 0 Å². The minimum absolute atomic E-state index is 0.261. The van der Waals surface area contributed by atoms with Crippen LogP contribution in [0, 0.1) is 5.92 Å². The highest BCUT2D eigenvalue weighted by Crippen LogP contribution is 2.30. The average Bonchev–Trinajstić information content (AvgIpc) is 3.09. The predicted molar refractivity (Wildman–Crippen MR) is 70.7 cm³/mol. The average molecular weight is 241 g/mol. The molecule has 17 heavy (non-hydrogen) atoms. The van der Waals surface area contributed by atoms with Crippen LogP contribution in [0.5, 0.6) is 0 Å². The van der Waals surface area contributed by atoms with Crippen LogP contribution in [-0.2, 0) is 4.79 Å². The number of amides is 1. The van der Waals surface area contributed by atoms with E-state index in [4.69, 9.17) is 5.73 Å². The van der Waals surface area contributed by atoms with Crippen LogP contribution in [0.4, 0.5) is 0 Å². The zero-order valence-corrected chi connectivity index (χ0v) is 11.5. The molecule has 1 aliphatic carbocycles. The highest BCUT2D eigenvalue weighted by atomic mass is 16.1. The standard InChI is InChI=1S/C13H27N3O/c1-4-8-16(10-11-5-6-11)9-7-13(2,15-3)12(14)17/h11,15H,4-10H2,1-3H3,(H2,14,17). The number of primary amides is 1. The van der Waals surface area contributed by atoms with E-state index in [2.05, 4.69) is 17.1 Å². The lowest BCUT2D eigenvalue weighted by Gasteiger charge is -2.29. The summed E-state index contributed by atoms with van der Waals surface area (Å²) in [4.78, 5) is 13.9. The Balaban J connectivity index is 2.40. The van der Waals surface area contributed by atoms with Crippen molar-refractivity contribution in [2.24, 2.45) is 11.7 Å². The molecular formula is C13H27N3O. The number of hydrogen-bond acceptors (Lipinski definition) is 3. The van der Waals surface area contributed by atoms with Crippen LogP contribution in [0.15, 0.2) is 0 Å². The third kappa shape index (κ3) is 4.64. The zero-order chi connectivity index (χ0) is 12.9. The van der Waals surface area contributed by atoms with Crippen LogP contribution < -0.4 is 11.1 Å². The summed E-state index contributed by atoms with van der Waals surface area (Å²) in [5.74, 6) is 0.638. The van der Waals surface area contributed by atoms with E-state index in [9.17, 15) is 4.79 Å². The first-order valence-corrected chi connectivity index (χ1v) is 6.73. The first-order chi connectivity index (χ1) is 8.01. The Morgan fingerprint density at radius 1 is 1.47 bits per heavy atom. The molecule has 0 saturated heterocycles. The minimum atomic E-state index is -0.574. The van der Waals surface area contributed by atoms with Crippen molar-refractivity contribution in [3.8, 4) is 0 Å². The van der Waals surface area contributed by atoms with Crippen LogP contribution in [0.3, 0.4) is 0 Å². The molecular weight excluding hydrogens is 214 g/mol. The fourth-order valence-electron chi connectivity index (χ4n) is 2.03. The van der Waals surface area contributed by atoms with Gasteiger partial charge in [-0.05, 0) is 52.1 Å². The van der Waals surface area contributed by atoms with Crippen molar-refractivity contribution in [2.75, 3.05) is 26.7 Å². The van der Waals surface area contributed by atoms with Gasteiger partial charge in [-0.2, -0.15) is 0 Å². The van der Waals surface area contributed by atoms with Crippen molar-refractivity contribution in [3.05, 3.63) is 0 Å². The molecule has 0 radical (unpaired) electrons. The second-order valence-electron chi connectivity index (χ2n) is 5.44. The Kier molecular flexibility index (Phi) is 5.40. The van der Waals surface area contributed by atoms with Gasteiger partial charge in [-0.3, -0.25) is 4.79 Å². The fourth-order valence-corrected chi connectivity index (χ4v) is 2.03. The van der Waals surface area contributed by atoms with E-state index in [0.717, 1.165) is 25.4 Å². The number of hydrogen-bond donors (Lipinski definition) is 2. The van der Waals surface area contributed by atoms with Gasteiger partial charge in [0.05, 0.1) is 5.54 Å². The first-order valence-electron chi connectivity index (χ1n) is 6.73. The molecule has 1 amide bonds. The molecule has 1 fully saturated rings. The monoisotopic (exact) mass is 241 g/mol. The molecule has 1 atom stereocenters. The van der Waals surface area contributed by atoms with Gasteiger partial charge in [0.25, 0.3) is 0 Å². The maximum absolute atomic E-state index is 11.4. The van der Waals surface area contributed by atoms with Gasteiger partial charge in [0.1, 0.15) is 0 Å². The molecule has 1 unspecified atom stereocenters. The molecule has 1 saturated carbocycles. The van der Waals surface area contributed by atoms with Crippen molar-refractivity contribution in [2.45, 2.75) is 45.1 Å². The second kappa shape index (κ2) is 6.36. The number of nitrogens with zero attached hydrogens (tertiary/aromatic N) is 1. The Bertz CT molecular complexity index is 253. The van der Waals surface area contributed by atoms with Gasteiger partial charge in [0, 0.05) is 13.1 Å². The number of carbonyl (C=O) groups excluding carboxylic acids is 1. The fraction of sp³-hybridized carbons (Fsp3) is 0.923. The van der Waals surface area contributed by atoms with E-state index >= 15 is 0 Å². The molecule has 4 heteroatoms. The maximum atomic E-state index is 11.4. The Labute approximate surface area is 105 Å². The van der Waals surface area contributed by atoms with Crippen molar-refractivity contribution in [3.63, 3.8) is 0 Å². The third-order valence-corrected chi connectivity index (χ3v) is 3.78. The van der Waals surface area contributed by atoms with Gasteiger partial charge in [0.2, 0.25) is 5.91 Å². The molecule has 0 bridgehead atoms. The van der Waals surface area contributed by atoms with E-state index in [1.54, 1.807) is 7.05 Å². The van der Waals surface area contributed by atoms with Gasteiger partial charge in [-0.15, -0.1) is 0 Å². The van der Waals surface area contributed by atoms with E-state index in [0.29, 0.717) is 0 Å². The van der Waals surface area contributed by atoms with E-state index < -0.39 is 5.54 Å². The van der Waals surface area contributed by atoms with Crippen LogP contribution in [0.2, 0.25) is 0 Å². The molecule has 1 rings (SSSR count). The normalized spacial score (nSPS) is 19.3. The summed E-state index contributed by atoms with van der Waals surface area (Å²) in [5.41, 5.74) is 4.86. The van der Waals surface area contributed by atoms with Crippen LogP contribution in [0.1, 0.15) is 39.5 Å². The lowest BCUT2D eigenvalue weighted by Crippen LogP contribution is -2.53. The van der Waals surface area contributed by atoms with Crippen molar-refractivity contribution in [1.29, 1.82) is 0 Å². The summed E-state index contributed by atoms with van der Waals surface area (Å²) < 4.78 is 0. The minimum Gasteiger partial charge on any atom is -0.368 e. The molecule has 3 N–H and O–H groups in total. The lowest BCUT2D eigenvalue weighted by atomic mass is 9.97. The number of nitrogens with two attached hydrogens (primary N) is 1. The van der Waals surface area contributed by atoms with Gasteiger partial charge in [-0.1, -0.05) is 6.92 Å². The topological polar surface area (TPSA) is 58.4 Å². The smallest absolute Gasteiger partial charge is 0.237 e. The summed E-state index contributed by atoms with van der Waals surface area (Å²) in [6.07, 6.45) is 4.70. The van der Waals surface area contributed by atoms with Gasteiger partial charge >= 0.3 is 0 Å². The summed E-state index contributed by atoms with van der Waals surface area (Å²) in [5, 5.41) is 3.04. The van der Waals surface area contributed by atoms with Crippen molar-refractivity contribution in [1.82, 2.24) is 10.2 Å². The SMILES string of the molecule is CCCN(CCC(C)(NC)C(N)=O)CC1CC1.